The molecule has 2 N–H and O–H groups in total. The van der Waals surface area contributed by atoms with Crippen LogP contribution in [0.1, 0.15) is 30.5 Å². The zero-order valence-electron chi connectivity index (χ0n) is 13.6. The smallest absolute Gasteiger partial charge is 0.128 e. The predicted molar refractivity (Wildman–Crippen MR) is 99.3 cm³/mol. The fourth-order valence-corrected chi connectivity index (χ4v) is 3.24. The van der Waals surface area contributed by atoms with Gasteiger partial charge in [0.25, 0.3) is 0 Å². The summed E-state index contributed by atoms with van der Waals surface area (Å²) in [5.74, 6) is 1.63. The first-order valence-electron chi connectivity index (χ1n) is 7.66. The van der Waals surface area contributed by atoms with E-state index in [4.69, 9.17) is 0 Å². The lowest BCUT2D eigenvalue weighted by Gasteiger charge is -2.28. The van der Waals surface area contributed by atoms with Gasteiger partial charge in [0.15, 0.2) is 0 Å². The Labute approximate surface area is 144 Å². The van der Waals surface area contributed by atoms with Crippen LogP contribution >= 0.6 is 12.4 Å². The maximum absolute atomic E-state index is 4.55. The lowest BCUT2D eigenvalue weighted by Crippen LogP contribution is -2.25. The lowest BCUT2D eigenvalue weighted by molar-refractivity contribution is 0.586. The third-order valence-electron chi connectivity index (χ3n) is 4.25. The van der Waals surface area contributed by atoms with Crippen LogP contribution in [-0.4, -0.2) is 17.0 Å². The van der Waals surface area contributed by atoms with Crippen LogP contribution in [0, 0.1) is 12.8 Å². The van der Waals surface area contributed by atoms with Crippen molar-refractivity contribution in [1.29, 1.82) is 0 Å². The number of rotatable bonds is 3. The van der Waals surface area contributed by atoms with Gasteiger partial charge in [-0.15, -0.1) is 12.4 Å². The number of nitrogens with zero attached hydrogens (tertiary/aromatic N) is 2. The van der Waals surface area contributed by atoms with Crippen molar-refractivity contribution in [2.24, 2.45) is 5.92 Å². The molecule has 2 aromatic rings. The van der Waals surface area contributed by atoms with Crippen LogP contribution in [0.4, 0.5) is 5.82 Å². The summed E-state index contributed by atoms with van der Waals surface area (Å²) in [5.41, 5.74) is 2.69. The molecule has 1 aliphatic rings. The van der Waals surface area contributed by atoms with Crippen molar-refractivity contribution in [3.8, 4) is 0 Å². The largest absolute Gasteiger partial charge is 0.412 e. The number of halogens is 1. The topological polar surface area (TPSA) is 47.6 Å². The standard InChI is InChI=1S/C19H22N2.ClH.H2O/c1-3-6-16-12-14-21(18-7-4-5-13-20-18)19(16)17-10-8-15(2)9-11-17;;/h3-11,13,16,19H,12,14H2,1-2H3;1H;1H2. The van der Waals surface area contributed by atoms with Crippen molar-refractivity contribution in [2.45, 2.75) is 26.3 Å². The molecule has 2 heterocycles. The number of hydrogen-bond acceptors (Lipinski definition) is 2. The van der Waals surface area contributed by atoms with Crippen molar-refractivity contribution in [3.05, 3.63) is 71.9 Å². The highest BCUT2D eigenvalue weighted by atomic mass is 35.5. The lowest BCUT2D eigenvalue weighted by atomic mass is 9.93. The summed E-state index contributed by atoms with van der Waals surface area (Å²) in [6.45, 7) is 5.30. The van der Waals surface area contributed by atoms with Crippen molar-refractivity contribution >= 4 is 18.2 Å². The fraction of sp³-hybridized carbons (Fsp3) is 0.316. The molecule has 124 valence electrons. The molecule has 23 heavy (non-hydrogen) atoms. The van der Waals surface area contributed by atoms with E-state index in [1.807, 2.05) is 12.3 Å². The van der Waals surface area contributed by atoms with Gasteiger partial charge in [-0.05, 0) is 38.0 Å². The number of aromatic nitrogens is 1. The molecule has 2 unspecified atom stereocenters. The summed E-state index contributed by atoms with van der Waals surface area (Å²) in [7, 11) is 0. The van der Waals surface area contributed by atoms with E-state index in [-0.39, 0.29) is 17.9 Å². The molecule has 1 fully saturated rings. The van der Waals surface area contributed by atoms with Gasteiger partial charge in [0.2, 0.25) is 0 Å². The second-order valence-corrected chi connectivity index (χ2v) is 5.72. The van der Waals surface area contributed by atoms with Gasteiger partial charge in [-0.3, -0.25) is 0 Å². The van der Waals surface area contributed by atoms with E-state index in [0.29, 0.717) is 12.0 Å². The van der Waals surface area contributed by atoms with Gasteiger partial charge >= 0.3 is 0 Å². The SMILES string of the molecule is CC=CC1CCN(c2ccccn2)C1c1ccc(C)cc1.Cl.O. The van der Waals surface area contributed by atoms with E-state index in [1.165, 1.54) is 17.5 Å². The Morgan fingerprint density at radius 2 is 1.87 bits per heavy atom. The highest BCUT2D eigenvalue weighted by molar-refractivity contribution is 5.85. The Hall–Kier alpha value is -1.84. The van der Waals surface area contributed by atoms with Crippen LogP contribution < -0.4 is 4.90 Å². The molecule has 0 saturated carbocycles. The highest BCUT2D eigenvalue weighted by Gasteiger charge is 2.34. The number of allylic oxidation sites excluding steroid dienone is 1. The van der Waals surface area contributed by atoms with Crippen LogP contribution in [0.2, 0.25) is 0 Å². The second kappa shape index (κ2) is 8.70. The molecule has 1 saturated heterocycles. The number of benzene rings is 1. The van der Waals surface area contributed by atoms with Gasteiger partial charge in [0, 0.05) is 18.7 Å². The molecule has 0 bridgehead atoms. The minimum Gasteiger partial charge on any atom is -0.412 e. The van der Waals surface area contributed by atoms with Crippen LogP contribution in [0.15, 0.2) is 60.8 Å². The maximum Gasteiger partial charge on any atom is 0.128 e. The molecule has 1 aromatic heterocycles. The Bertz CT molecular complexity index is 613. The minimum absolute atomic E-state index is 0. The van der Waals surface area contributed by atoms with Gasteiger partial charge in [0.1, 0.15) is 5.82 Å². The van der Waals surface area contributed by atoms with Gasteiger partial charge in [-0.2, -0.15) is 0 Å². The third-order valence-corrected chi connectivity index (χ3v) is 4.25. The van der Waals surface area contributed by atoms with Crippen LogP contribution in [0.3, 0.4) is 0 Å². The first kappa shape index (κ1) is 19.2. The van der Waals surface area contributed by atoms with E-state index >= 15 is 0 Å². The highest BCUT2D eigenvalue weighted by Crippen LogP contribution is 2.40. The maximum atomic E-state index is 4.55. The van der Waals surface area contributed by atoms with Crippen LogP contribution in [-0.2, 0) is 0 Å². The molecule has 4 heteroatoms. The first-order chi connectivity index (χ1) is 10.3. The molecule has 1 aliphatic heterocycles. The zero-order valence-corrected chi connectivity index (χ0v) is 14.5. The molecule has 0 amide bonds. The first-order valence-corrected chi connectivity index (χ1v) is 7.66. The average molecular weight is 333 g/mol. The summed E-state index contributed by atoms with van der Waals surface area (Å²) < 4.78 is 0. The number of hydrogen-bond donors (Lipinski definition) is 0. The van der Waals surface area contributed by atoms with Crippen molar-refractivity contribution < 1.29 is 5.48 Å². The Balaban J connectivity index is 0.00000132. The molecular weight excluding hydrogens is 308 g/mol. The van der Waals surface area contributed by atoms with Gasteiger partial charge in [-0.25, -0.2) is 4.98 Å². The molecule has 3 rings (SSSR count). The van der Waals surface area contributed by atoms with E-state index in [2.05, 4.69) is 72.3 Å². The van der Waals surface area contributed by atoms with E-state index in [0.717, 1.165) is 12.4 Å². The number of anilines is 1. The Morgan fingerprint density at radius 1 is 1.13 bits per heavy atom. The molecule has 0 aliphatic carbocycles. The summed E-state index contributed by atoms with van der Waals surface area (Å²) in [5, 5.41) is 0. The molecule has 1 aromatic carbocycles. The molecule has 3 nitrogen and oxygen atoms in total. The monoisotopic (exact) mass is 332 g/mol. The van der Waals surface area contributed by atoms with Gasteiger partial charge in [0.05, 0.1) is 6.04 Å². The molecule has 0 radical (unpaired) electrons. The minimum atomic E-state index is 0. The van der Waals surface area contributed by atoms with Gasteiger partial charge in [-0.1, -0.05) is 48.0 Å². The Morgan fingerprint density at radius 3 is 2.48 bits per heavy atom. The van der Waals surface area contributed by atoms with Crippen molar-refractivity contribution in [3.63, 3.8) is 0 Å². The van der Waals surface area contributed by atoms with E-state index in [1.54, 1.807) is 0 Å². The quantitative estimate of drug-likeness (QED) is 0.793. The second-order valence-electron chi connectivity index (χ2n) is 5.72. The summed E-state index contributed by atoms with van der Waals surface area (Å²) >= 11 is 0. The molecule has 0 spiro atoms. The normalized spacial score (nSPS) is 20.2. The van der Waals surface area contributed by atoms with E-state index < -0.39 is 0 Å². The van der Waals surface area contributed by atoms with Crippen LogP contribution in [0.5, 0.6) is 0 Å². The van der Waals surface area contributed by atoms with Gasteiger partial charge < -0.3 is 10.4 Å². The van der Waals surface area contributed by atoms with Crippen molar-refractivity contribution in [1.82, 2.24) is 4.98 Å². The summed E-state index contributed by atoms with van der Waals surface area (Å²) in [6, 6.07) is 15.5. The van der Waals surface area contributed by atoms with E-state index in [9.17, 15) is 0 Å². The zero-order chi connectivity index (χ0) is 14.7. The number of pyridine rings is 1. The van der Waals surface area contributed by atoms with Crippen LogP contribution in [0.25, 0.3) is 0 Å². The molecular formula is C19H25ClN2O. The Kier molecular flexibility index (Phi) is 7.27. The fourth-order valence-electron chi connectivity index (χ4n) is 3.24. The average Bonchev–Trinajstić information content (AvgIpc) is 2.93. The summed E-state index contributed by atoms with van der Waals surface area (Å²) in [6.07, 6.45) is 7.57. The number of aryl methyl sites for hydroxylation is 1. The summed E-state index contributed by atoms with van der Waals surface area (Å²) in [4.78, 5) is 6.99. The molecule has 2 atom stereocenters. The predicted octanol–water partition coefficient (Wildman–Crippen LogP) is 4.13. The van der Waals surface area contributed by atoms with Crippen molar-refractivity contribution in [2.75, 3.05) is 11.4 Å². The third kappa shape index (κ3) is 4.12.